The zero-order valence-corrected chi connectivity index (χ0v) is 20.8. The van der Waals surface area contributed by atoms with E-state index in [1.165, 1.54) is 30.0 Å². The summed E-state index contributed by atoms with van der Waals surface area (Å²) in [7, 11) is -3.72. The number of sulfone groups is 1. The van der Waals surface area contributed by atoms with Crippen molar-refractivity contribution < 1.29 is 27.4 Å². The molecule has 0 bridgehead atoms. The minimum absolute atomic E-state index is 0.0157. The monoisotopic (exact) mass is 495 g/mol. The predicted molar refractivity (Wildman–Crippen MR) is 129 cm³/mol. The molecule has 0 amide bonds. The van der Waals surface area contributed by atoms with Crippen LogP contribution in [0.25, 0.3) is 0 Å². The Hall–Kier alpha value is -2.26. The molecular weight excluding hydrogens is 465 g/mol. The highest BCUT2D eigenvalue weighted by Gasteiger charge is 2.42. The number of benzene rings is 2. The van der Waals surface area contributed by atoms with Crippen LogP contribution in [0, 0.1) is 11.2 Å². The predicted octanol–water partition coefficient (Wildman–Crippen LogP) is 5.52. The lowest BCUT2D eigenvalue weighted by molar-refractivity contribution is -0.139. The van der Waals surface area contributed by atoms with Gasteiger partial charge in [-0.05, 0) is 49.4 Å². The molecule has 0 saturated carbocycles. The van der Waals surface area contributed by atoms with E-state index in [-0.39, 0.29) is 22.2 Å². The summed E-state index contributed by atoms with van der Waals surface area (Å²) in [5.41, 5.74) is 0.722. The number of anilines is 2. The number of nitrogens with zero attached hydrogens (tertiary/aromatic N) is 1. The van der Waals surface area contributed by atoms with Crippen LogP contribution in [0.2, 0.25) is 0 Å². The van der Waals surface area contributed by atoms with Gasteiger partial charge in [-0.2, -0.15) is 0 Å². The Morgan fingerprint density at radius 2 is 1.94 bits per heavy atom. The van der Waals surface area contributed by atoms with E-state index in [4.69, 9.17) is 9.84 Å². The normalized spacial score (nSPS) is 19.6. The second kappa shape index (κ2) is 10.3. The average Bonchev–Trinajstić information content (AvgIpc) is 2.88. The zero-order chi connectivity index (χ0) is 24.2. The molecule has 2 aromatic carbocycles. The smallest absolute Gasteiger partial charge is 0.341 e. The first-order valence-electron chi connectivity index (χ1n) is 11.0. The fraction of sp³-hybridized carbons (Fsp3) is 0.458. The molecule has 33 heavy (non-hydrogen) atoms. The molecule has 0 spiro atoms. The van der Waals surface area contributed by atoms with Gasteiger partial charge in [0.25, 0.3) is 0 Å². The minimum Gasteiger partial charge on any atom is -0.481 e. The van der Waals surface area contributed by atoms with Crippen molar-refractivity contribution >= 4 is 38.9 Å². The molecule has 0 fully saturated rings. The molecule has 6 nitrogen and oxygen atoms in total. The summed E-state index contributed by atoms with van der Waals surface area (Å²) in [5, 5.41) is 9.03. The van der Waals surface area contributed by atoms with E-state index >= 15 is 0 Å². The van der Waals surface area contributed by atoms with E-state index < -0.39 is 27.8 Å². The zero-order valence-electron chi connectivity index (χ0n) is 19.1. The molecular formula is C24H30FNO5S2. The molecule has 1 aliphatic rings. The SMILES string of the molecule is CCCC[C@]1(CC)CN(c2ccc(F)cc2)c2cc(SC)c(OCC(=O)O)cc2S(=O)(=O)C1. The number of fused-ring (bicyclic) bond motifs is 1. The maximum Gasteiger partial charge on any atom is 0.341 e. The van der Waals surface area contributed by atoms with Gasteiger partial charge in [0.1, 0.15) is 11.6 Å². The number of rotatable bonds is 9. The number of aliphatic carboxylic acids is 1. The van der Waals surface area contributed by atoms with Gasteiger partial charge in [-0.1, -0.05) is 26.7 Å². The number of hydrogen-bond acceptors (Lipinski definition) is 6. The Balaban J connectivity index is 2.24. The molecule has 1 N–H and O–H groups in total. The molecule has 0 unspecified atom stereocenters. The number of unbranched alkanes of at least 4 members (excludes halogenated alkanes) is 1. The van der Waals surface area contributed by atoms with Crippen molar-refractivity contribution in [2.45, 2.75) is 49.3 Å². The number of carboxylic acid groups (broad SMARTS) is 1. The van der Waals surface area contributed by atoms with Crippen LogP contribution in [0.4, 0.5) is 15.8 Å². The maximum absolute atomic E-state index is 13.7. The van der Waals surface area contributed by atoms with E-state index in [2.05, 4.69) is 6.92 Å². The van der Waals surface area contributed by atoms with Crippen LogP contribution >= 0.6 is 11.8 Å². The standard InChI is InChI=1S/C24H30FNO5S2/c1-4-6-11-24(5-2)15-26(18-9-7-17(25)8-10-18)19-12-21(32-3)20(31-14-23(27)28)13-22(19)33(29,30)16-24/h7-10,12-13H,4-6,11,14-16H2,1-3H3,(H,27,28)/t24-/m1/s1. The summed E-state index contributed by atoms with van der Waals surface area (Å²) >= 11 is 1.35. The van der Waals surface area contributed by atoms with E-state index in [0.29, 0.717) is 29.2 Å². The van der Waals surface area contributed by atoms with Crippen molar-refractivity contribution in [2.24, 2.45) is 5.41 Å². The fourth-order valence-corrected chi connectivity index (χ4v) is 7.02. The third-order valence-electron chi connectivity index (χ3n) is 6.16. The second-order valence-corrected chi connectivity index (χ2v) is 11.2. The summed E-state index contributed by atoms with van der Waals surface area (Å²) in [4.78, 5) is 13.7. The van der Waals surface area contributed by atoms with Crippen molar-refractivity contribution in [1.82, 2.24) is 0 Å². The number of thioether (sulfide) groups is 1. The molecule has 1 aliphatic heterocycles. The Bertz CT molecular complexity index is 1100. The average molecular weight is 496 g/mol. The van der Waals surface area contributed by atoms with Crippen molar-refractivity contribution in [3.63, 3.8) is 0 Å². The van der Waals surface area contributed by atoms with Crippen LogP contribution < -0.4 is 9.64 Å². The van der Waals surface area contributed by atoms with Crippen LogP contribution in [0.5, 0.6) is 5.75 Å². The number of hydrogen-bond donors (Lipinski definition) is 1. The number of carboxylic acids is 1. The summed E-state index contributed by atoms with van der Waals surface area (Å²) in [6.07, 6.45) is 5.10. The number of carbonyl (C=O) groups is 1. The third kappa shape index (κ3) is 5.63. The van der Waals surface area contributed by atoms with Gasteiger partial charge in [0, 0.05) is 23.7 Å². The largest absolute Gasteiger partial charge is 0.481 e. The van der Waals surface area contributed by atoms with Crippen LogP contribution in [0.15, 0.2) is 46.2 Å². The van der Waals surface area contributed by atoms with Crippen molar-refractivity contribution in [2.75, 3.05) is 30.1 Å². The Morgan fingerprint density at radius 3 is 2.52 bits per heavy atom. The lowest BCUT2D eigenvalue weighted by Crippen LogP contribution is -2.37. The number of ether oxygens (including phenoxy) is 1. The first-order chi connectivity index (χ1) is 15.6. The molecule has 9 heteroatoms. The minimum atomic E-state index is -3.72. The van der Waals surface area contributed by atoms with Crippen LogP contribution in [0.1, 0.15) is 39.5 Å². The highest BCUT2D eigenvalue weighted by molar-refractivity contribution is 7.98. The topological polar surface area (TPSA) is 83.9 Å². The van der Waals surface area contributed by atoms with Crippen molar-refractivity contribution in [3.05, 3.63) is 42.2 Å². The summed E-state index contributed by atoms with van der Waals surface area (Å²) in [6.45, 7) is 4.00. The maximum atomic E-state index is 13.7. The molecule has 0 aromatic heterocycles. The van der Waals surface area contributed by atoms with Gasteiger partial charge in [-0.25, -0.2) is 17.6 Å². The van der Waals surface area contributed by atoms with Gasteiger partial charge >= 0.3 is 5.97 Å². The molecule has 0 radical (unpaired) electrons. The van der Waals surface area contributed by atoms with E-state index in [9.17, 15) is 17.6 Å². The van der Waals surface area contributed by atoms with Crippen molar-refractivity contribution in [3.8, 4) is 5.75 Å². The molecule has 1 heterocycles. The van der Waals surface area contributed by atoms with Crippen LogP contribution in [0.3, 0.4) is 0 Å². The first kappa shape index (κ1) is 25.4. The van der Waals surface area contributed by atoms with Crippen LogP contribution in [-0.2, 0) is 14.6 Å². The Morgan fingerprint density at radius 1 is 1.24 bits per heavy atom. The molecule has 180 valence electrons. The first-order valence-corrected chi connectivity index (χ1v) is 13.8. The Labute approximate surface area is 199 Å². The highest BCUT2D eigenvalue weighted by Crippen LogP contribution is 2.47. The quantitative estimate of drug-likeness (QED) is 0.458. The lowest BCUT2D eigenvalue weighted by atomic mass is 9.81. The van der Waals surface area contributed by atoms with Gasteiger partial charge in [-0.3, -0.25) is 0 Å². The van der Waals surface area contributed by atoms with Gasteiger partial charge in [0.2, 0.25) is 0 Å². The fourth-order valence-electron chi connectivity index (χ4n) is 4.29. The molecule has 3 rings (SSSR count). The van der Waals surface area contributed by atoms with Gasteiger partial charge in [-0.15, -0.1) is 11.8 Å². The second-order valence-electron chi connectivity index (χ2n) is 8.43. The molecule has 0 aliphatic carbocycles. The lowest BCUT2D eigenvalue weighted by Gasteiger charge is -2.36. The summed E-state index contributed by atoms with van der Waals surface area (Å²) in [5.74, 6) is -1.30. The molecule has 2 aromatic rings. The van der Waals surface area contributed by atoms with E-state index in [1.54, 1.807) is 18.2 Å². The number of halogens is 1. The summed E-state index contributed by atoms with van der Waals surface area (Å²) < 4.78 is 46.5. The van der Waals surface area contributed by atoms with E-state index in [0.717, 1.165) is 19.3 Å². The van der Waals surface area contributed by atoms with Gasteiger partial charge in [0.15, 0.2) is 16.4 Å². The summed E-state index contributed by atoms with van der Waals surface area (Å²) in [6, 6.07) is 9.24. The van der Waals surface area contributed by atoms with E-state index in [1.807, 2.05) is 18.1 Å². The van der Waals surface area contributed by atoms with Gasteiger partial charge < -0.3 is 14.7 Å². The Kier molecular flexibility index (Phi) is 7.95. The van der Waals surface area contributed by atoms with Gasteiger partial charge in [0.05, 0.1) is 21.2 Å². The molecule has 1 atom stereocenters. The molecule has 0 saturated heterocycles. The van der Waals surface area contributed by atoms with Crippen molar-refractivity contribution in [1.29, 1.82) is 0 Å². The van der Waals surface area contributed by atoms with Crippen LogP contribution in [-0.4, -0.2) is 44.7 Å². The third-order valence-corrected chi connectivity index (χ3v) is 8.91. The highest BCUT2D eigenvalue weighted by atomic mass is 32.2.